The molecule has 1 aromatic carbocycles. The standard InChI is InChI=1S/C16H19N3/c1-12(16-7-2-3-9-18-16)19-10-8-13-5-4-6-15(17)14(13)11-19/h2-7,9,12H,8,10-11,17H2,1H3. The summed E-state index contributed by atoms with van der Waals surface area (Å²) in [7, 11) is 0. The van der Waals surface area contributed by atoms with E-state index in [1.54, 1.807) is 0 Å². The van der Waals surface area contributed by atoms with E-state index >= 15 is 0 Å². The van der Waals surface area contributed by atoms with E-state index in [0.717, 1.165) is 30.9 Å². The van der Waals surface area contributed by atoms with Crippen LogP contribution < -0.4 is 5.73 Å². The van der Waals surface area contributed by atoms with Crippen LogP contribution in [0, 0.1) is 0 Å². The van der Waals surface area contributed by atoms with Crippen molar-refractivity contribution in [3.8, 4) is 0 Å². The van der Waals surface area contributed by atoms with Crippen molar-refractivity contribution in [3.05, 3.63) is 59.4 Å². The monoisotopic (exact) mass is 253 g/mol. The van der Waals surface area contributed by atoms with Gasteiger partial charge >= 0.3 is 0 Å². The van der Waals surface area contributed by atoms with Gasteiger partial charge in [-0.3, -0.25) is 9.88 Å². The normalized spacial score (nSPS) is 16.9. The van der Waals surface area contributed by atoms with Crippen LogP contribution in [0.2, 0.25) is 0 Å². The van der Waals surface area contributed by atoms with Crippen LogP contribution in [-0.4, -0.2) is 16.4 Å². The van der Waals surface area contributed by atoms with Crippen LogP contribution in [-0.2, 0) is 13.0 Å². The third-order valence-electron chi connectivity index (χ3n) is 4.00. The number of nitrogens with two attached hydrogens (primary N) is 1. The lowest BCUT2D eigenvalue weighted by atomic mass is 9.96. The topological polar surface area (TPSA) is 42.2 Å². The largest absolute Gasteiger partial charge is 0.398 e. The first-order valence-electron chi connectivity index (χ1n) is 6.77. The smallest absolute Gasteiger partial charge is 0.0572 e. The Balaban J connectivity index is 1.84. The summed E-state index contributed by atoms with van der Waals surface area (Å²) in [6.45, 7) is 4.19. The summed E-state index contributed by atoms with van der Waals surface area (Å²) >= 11 is 0. The number of hydrogen-bond donors (Lipinski definition) is 1. The highest BCUT2D eigenvalue weighted by molar-refractivity contribution is 5.51. The van der Waals surface area contributed by atoms with Gasteiger partial charge in [-0.1, -0.05) is 18.2 Å². The summed E-state index contributed by atoms with van der Waals surface area (Å²) in [5.41, 5.74) is 10.8. The first-order valence-corrected chi connectivity index (χ1v) is 6.77. The van der Waals surface area contributed by atoms with Crippen LogP contribution >= 0.6 is 0 Å². The summed E-state index contributed by atoms with van der Waals surface area (Å²) < 4.78 is 0. The lowest BCUT2D eigenvalue weighted by Gasteiger charge is -2.34. The molecule has 1 atom stereocenters. The Labute approximate surface area is 114 Å². The van der Waals surface area contributed by atoms with Gasteiger partial charge in [0.1, 0.15) is 0 Å². The summed E-state index contributed by atoms with van der Waals surface area (Å²) in [6.07, 6.45) is 2.93. The maximum atomic E-state index is 6.10. The second kappa shape index (κ2) is 5.02. The molecule has 2 heterocycles. The molecule has 0 spiro atoms. The highest BCUT2D eigenvalue weighted by Crippen LogP contribution is 2.29. The minimum absolute atomic E-state index is 0.328. The van der Waals surface area contributed by atoms with Gasteiger partial charge in [-0.05, 0) is 42.7 Å². The van der Waals surface area contributed by atoms with E-state index in [1.165, 1.54) is 11.1 Å². The molecule has 0 aliphatic carbocycles. The lowest BCUT2D eigenvalue weighted by molar-refractivity contribution is 0.189. The maximum absolute atomic E-state index is 6.10. The van der Waals surface area contributed by atoms with Crippen LogP contribution in [0.1, 0.15) is 29.8 Å². The molecule has 1 unspecified atom stereocenters. The molecule has 3 heteroatoms. The molecule has 3 rings (SSSR count). The predicted molar refractivity (Wildman–Crippen MR) is 77.6 cm³/mol. The third-order valence-corrected chi connectivity index (χ3v) is 4.00. The first kappa shape index (κ1) is 12.2. The molecular weight excluding hydrogens is 234 g/mol. The molecule has 98 valence electrons. The molecule has 0 saturated carbocycles. The van der Waals surface area contributed by atoms with Gasteiger partial charge in [-0.15, -0.1) is 0 Å². The van der Waals surface area contributed by atoms with Gasteiger partial charge < -0.3 is 5.73 Å². The number of fused-ring (bicyclic) bond motifs is 1. The molecule has 19 heavy (non-hydrogen) atoms. The summed E-state index contributed by atoms with van der Waals surface area (Å²) in [5.74, 6) is 0. The summed E-state index contributed by atoms with van der Waals surface area (Å²) in [5, 5.41) is 0. The Morgan fingerprint density at radius 1 is 1.21 bits per heavy atom. The number of hydrogen-bond acceptors (Lipinski definition) is 3. The number of nitrogen functional groups attached to an aromatic ring is 1. The van der Waals surface area contributed by atoms with Gasteiger partial charge in [-0.25, -0.2) is 0 Å². The average Bonchev–Trinajstić information content (AvgIpc) is 2.47. The number of nitrogens with zero attached hydrogens (tertiary/aromatic N) is 2. The molecule has 2 aromatic rings. The van der Waals surface area contributed by atoms with Crippen LogP contribution in [0.4, 0.5) is 5.69 Å². The molecule has 0 fully saturated rings. The van der Waals surface area contributed by atoms with Crippen LogP contribution in [0.5, 0.6) is 0 Å². The van der Waals surface area contributed by atoms with Crippen molar-refractivity contribution in [2.45, 2.75) is 25.9 Å². The van der Waals surface area contributed by atoms with E-state index in [2.05, 4.69) is 28.9 Å². The van der Waals surface area contributed by atoms with Gasteiger partial charge in [-0.2, -0.15) is 0 Å². The Hall–Kier alpha value is -1.87. The number of pyridine rings is 1. The Bertz CT molecular complexity index is 565. The first-order chi connectivity index (χ1) is 9.25. The molecule has 1 aliphatic heterocycles. The molecule has 0 bridgehead atoms. The van der Waals surface area contributed by atoms with E-state index in [4.69, 9.17) is 5.73 Å². The van der Waals surface area contributed by atoms with Gasteiger partial charge in [0.05, 0.1) is 5.69 Å². The highest BCUT2D eigenvalue weighted by atomic mass is 15.2. The van der Waals surface area contributed by atoms with E-state index < -0.39 is 0 Å². The SMILES string of the molecule is CC(c1ccccn1)N1CCc2cccc(N)c2C1. The zero-order valence-corrected chi connectivity index (χ0v) is 11.2. The van der Waals surface area contributed by atoms with Crippen molar-refractivity contribution >= 4 is 5.69 Å². The lowest BCUT2D eigenvalue weighted by Crippen LogP contribution is -2.33. The number of rotatable bonds is 2. The fourth-order valence-corrected chi connectivity index (χ4v) is 2.77. The average molecular weight is 253 g/mol. The van der Waals surface area contributed by atoms with Crippen molar-refractivity contribution in [1.29, 1.82) is 0 Å². The number of benzene rings is 1. The molecular formula is C16H19N3. The van der Waals surface area contributed by atoms with Crippen molar-refractivity contribution in [2.75, 3.05) is 12.3 Å². The number of aromatic nitrogens is 1. The number of anilines is 1. The zero-order chi connectivity index (χ0) is 13.2. The van der Waals surface area contributed by atoms with Gasteiger partial charge in [0.2, 0.25) is 0 Å². The van der Waals surface area contributed by atoms with E-state index in [1.807, 2.05) is 30.5 Å². The van der Waals surface area contributed by atoms with E-state index in [-0.39, 0.29) is 0 Å². The van der Waals surface area contributed by atoms with Crippen molar-refractivity contribution in [2.24, 2.45) is 0 Å². The van der Waals surface area contributed by atoms with Crippen molar-refractivity contribution in [1.82, 2.24) is 9.88 Å². The van der Waals surface area contributed by atoms with Gasteiger partial charge in [0.25, 0.3) is 0 Å². The third kappa shape index (κ3) is 2.34. The molecule has 0 saturated heterocycles. The Morgan fingerprint density at radius 3 is 2.89 bits per heavy atom. The molecule has 1 aromatic heterocycles. The molecule has 3 nitrogen and oxygen atoms in total. The second-order valence-corrected chi connectivity index (χ2v) is 5.14. The highest BCUT2D eigenvalue weighted by Gasteiger charge is 2.23. The Kier molecular flexibility index (Phi) is 3.22. The zero-order valence-electron chi connectivity index (χ0n) is 11.2. The minimum atomic E-state index is 0.328. The van der Waals surface area contributed by atoms with E-state index in [9.17, 15) is 0 Å². The quantitative estimate of drug-likeness (QED) is 0.837. The van der Waals surface area contributed by atoms with Gasteiger partial charge in [0, 0.05) is 31.0 Å². The van der Waals surface area contributed by atoms with Crippen LogP contribution in [0.15, 0.2) is 42.6 Å². The van der Waals surface area contributed by atoms with E-state index in [0.29, 0.717) is 6.04 Å². The fraction of sp³-hybridized carbons (Fsp3) is 0.312. The maximum Gasteiger partial charge on any atom is 0.0572 e. The summed E-state index contributed by atoms with van der Waals surface area (Å²) in [6, 6.07) is 12.7. The second-order valence-electron chi connectivity index (χ2n) is 5.14. The van der Waals surface area contributed by atoms with Crippen LogP contribution in [0.25, 0.3) is 0 Å². The van der Waals surface area contributed by atoms with Gasteiger partial charge in [0.15, 0.2) is 0 Å². The molecule has 0 amide bonds. The Morgan fingerprint density at radius 2 is 2.11 bits per heavy atom. The molecule has 1 aliphatic rings. The molecule has 0 radical (unpaired) electrons. The van der Waals surface area contributed by atoms with Crippen molar-refractivity contribution in [3.63, 3.8) is 0 Å². The fourth-order valence-electron chi connectivity index (χ4n) is 2.77. The minimum Gasteiger partial charge on any atom is -0.398 e. The van der Waals surface area contributed by atoms with Crippen molar-refractivity contribution < 1.29 is 0 Å². The predicted octanol–water partition coefficient (Wildman–Crippen LogP) is 2.78. The van der Waals surface area contributed by atoms with Crippen LogP contribution in [0.3, 0.4) is 0 Å². The molecule has 2 N–H and O–H groups in total. The summed E-state index contributed by atoms with van der Waals surface area (Å²) in [4.78, 5) is 6.90.